The summed E-state index contributed by atoms with van der Waals surface area (Å²) in [5.41, 5.74) is 0.676. The summed E-state index contributed by atoms with van der Waals surface area (Å²) in [5.74, 6) is 1.68. The second-order valence-corrected chi connectivity index (χ2v) is 4.99. The molecule has 0 bridgehead atoms. The summed E-state index contributed by atoms with van der Waals surface area (Å²) in [4.78, 5) is 18.4. The number of amides is 2. The summed E-state index contributed by atoms with van der Waals surface area (Å²) in [7, 11) is 0. The van der Waals surface area contributed by atoms with Crippen LogP contribution in [0.5, 0.6) is 0 Å². The molecule has 21 heavy (non-hydrogen) atoms. The van der Waals surface area contributed by atoms with Gasteiger partial charge in [0.1, 0.15) is 11.6 Å². The molecule has 1 saturated heterocycles. The summed E-state index contributed by atoms with van der Waals surface area (Å²) < 4.78 is 5.15. The van der Waals surface area contributed by atoms with E-state index in [9.17, 15) is 4.79 Å². The Kier molecular flexibility index (Phi) is 4.04. The first-order chi connectivity index (χ1) is 10.3. The fourth-order valence-electron chi connectivity index (χ4n) is 2.35. The zero-order valence-electron chi connectivity index (χ0n) is 11.7. The minimum atomic E-state index is -0.276. The van der Waals surface area contributed by atoms with E-state index in [0.717, 1.165) is 18.9 Å². The molecule has 0 radical (unpaired) electrons. The van der Waals surface area contributed by atoms with Crippen molar-refractivity contribution in [1.29, 1.82) is 0 Å². The molecule has 0 atom stereocenters. The van der Waals surface area contributed by atoms with E-state index in [1.165, 1.54) is 12.8 Å². The molecule has 0 saturated carbocycles. The van der Waals surface area contributed by atoms with Crippen molar-refractivity contribution in [2.75, 3.05) is 23.3 Å². The Morgan fingerprint density at radius 2 is 2.14 bits per heavy atom. The van der Waals surface area contributed by atoms with Crippen molar-refractivity contribution in [3.05, 3.63) is 42.5 Å². The van der Waals surface area contributed by atoms with Crippen LogP contribution in [0, 0.1) is 0 Å². The predicted molar refractivity (Wildman–Crippen MR) is 80.3 cm³/mol. The third kappa shape index (κ3) is 3.53. The average molecular weight is 286 g/mol. The smallest absolute Gasteiger partial charge is 0.319 e. The Morgan fingerprint density at radius 3 is 2.81 bits per heavy atom. The predicted octanol–water partition coefficient (Wildman–Crippen LogP) is 2.60. The normalized spacial score (nSPS) is 14.2. The van der Waals surface area contributed by atoms with Crippen molar-refractivity contribution in [2.24, 2.45) is 0 Å². The van der Waals surface area contributed by atoms with Gasteiger partial charge in [-0.05, 0) is 37.1 Å². The molecular formula is C15H18N4O2. The molecule has 2 N–H and O–H groups in total. The maximum atomic E-state index is 11.7. The van der Waals surface area contributed by atoms with Crippen molar-refractivity contribution < 1.29 is 9.21 Å². The van der Waals surface area contributed by atoms with Crippen LogP contribution >= 0.6 is 0 Å². The van der Waals surface area contributed by atoms with Crippen LogP contribution in [0.3, 0.4) is 0 Å². The topological polar surface area (TPSA) is 70.4 Å². The molecule has 110 valence electrons. The first-order valence-corrected chi connectivity index (χ1v) is 7.09. The highest BCUT2D eigenvalue weighted by molar-refractivity contribution is 5.89. The number of anilines is 2. The molecule has 3 rings (SSSR count). The van der Waals surface area contributed by atoms with Crippen LogP contribution < -0.4 is 15.5 Å². The maximum Gasteiger partial charge on any atom is 0.319 e. The van der Waals surface area contributed by atoms with Crippen LogP contribution in [-0.2, 0) is 6.54 Å². The van der Waals surface area contributed by atoms with Crippen molar-refractivity contribution in [2.45, 2.75) is 19.4 Å². The number of aromatic nitrogens is 1. The van der Waals surface area contributed by atoms with Crippen molar-refractivity contribution in [1.82, 2.24) is 10.3 Å². The Morgan fingerprint density at radius 1 is 1.29 bits per heavy atom. The highest BCUT2D eigenvalue weighted by Gasteiger charge is 2.13. The Hall–Kier alpha value is -2.50. The quantitative estimate of drug-likeness (QED) is 0.906. The Labute approximate surface area is 123 Å². The van der Waals surface area contributed by atoms with Gasteiger partial charge in [-0.3, -0.25) is 0 Å². The van der Waals surface area contributed by atoms with E-state index in [-0.39, 0.29) is 6.03 Å². The number of carbonyl (C=O) groups is 1. The fraction of sp³-hybridized carbons (Fsp3) is 0.333. The standard InChI is InChI=1S/C15H18N4O2/c20-15(17-11-13-4-3-9-21-13)18-12-5-6-14(16-10-12)19-7-1-2-8-19/h3-6,9-10H,1-2,7-8,11H2,(H2,17,18,20). The van der Waals surface area contributed by atoms with Gasteiger partial charge >= 0.3 is 6.03 Å². The van der Waals surface area contributed by atoms with Crippen LogP contribution in [0.4, 0.5) is 16.3 Å². The van der Waals surface area contributed by atoms with Gasteiger partial charge in [-0.25, -0.2) is 9.78 Å². The first-order valence-electron chi connectivity index (χ1n) is 7.09. The highest BCUT2D eigenvalue weighted by atomic mass is 16.3. The largest absolute Gasteiger partial charge is 0.467 e. The van der Waals surface area contributed by atoms with E-state index in [0.29, 0.717) is 18.0 Å². The molecule has 0 spiro atoms. The third-order valence-electron chi connectivity index (χ3n) is 3.44. The molecule has 6 nitrogen and oxygen atoms in total. The Bertz CT molecular complexity index is 574. The molecule has 6 heteroatoms. The van der Waals surface area contributed by atoms with E-state index in [2.05, 4.69) is 20.5 Å². The number of rotatable bonds is 4. The molecule has 0 aromatic carbocycles. The van der Waals surface area contributed by atoms with Gasteiger partial charge in [-0.15, -0.1) is 0 Å². The molecule has 2 aromatic heterocycles. The highest BCUT2D eigenvalue weighted by Crippen LogP contribution is 2.18. The maximum absolute atomic E-state index is 11.7. The second kappa shape index (κ2) is 6.30. The monoisotopic (exact) mass is 286 g/mol. The van der Waals surface area contributed by atoms with Gasteiger partial charge < -0.3 is 20.0 Å². The SMILES string of the molecule is O=C(NCc1ccco1)Nc1ccc(N2CCCC2)nc1. The van der Waals surface area contributed by atoms with Crippen molar-refractivity contribution >= 4 is 17.5 Å². The number of pyridine rings is 1. The summed E-state index contributed by atoms with van der Waals surface area (Å²) in [5, 5.41) is 5.47. The van der Waals surface area contributed by atoms with Crippen molar-refractivity contribution in [3.63, 3.8) is 0 Å². The van der Waals surface area contributed by atoms with E-state index >= 15 is 0 Å². The molecule has 1 aliphatic rings. The van der Waals surface area contributed by atoms with E-state index in [1.54, 1.807) is 18.5 Å². The van der Waals surface area contributed by atoms with E-state index in [1.807, 2.05) is 18.2 Å². The molecule has 0 aliphatic carbocycles. The van der Waals surface area contributed by atoms with Gasteiger partial charge in [0.25, 0.3) is 0 Å². The van der Waals surface area contributed by atoms with Gasteiger partial charge in [-0.2, -0.15) is 0 Å². The molecule has 0 unspecified atom stereocenters. The molecule has 2 amide bonds. The van der Waals surface area contributed by atoms with E-state index in [4.69, 9.17) is 4.42 Å². The van der Waals surface area contributed by atoms with Crippen LogP contribution in [0.25, 0.3) is 0 Å². The molecular weight excluding hydrogens is 268 g/mol. The average Bonchev–Trinajstić information content (AvgIpc) is 3.19. The van der Waals surface area contributed by atoms with Crippen LogP contribution in [-0.4, -0.2) is 24.1 Å². The summed E-state index contributed by atoms with van der Waals surface area (Å²) in [6.07, 6.45) is 5.70. The number of furan rings is 1. The van der Waals surface area contributed by atoms with Gasteiger partial charge in [-0.1, -0.05) is 0 Å². The summed E-state index contributed by atoms with van der Waals surface area (Å²) in [6.45, 7) is 2.48. The molecule has 1 fully saturated rings. The molecule has 1 aliphatic heterocycles. The number of nitrogens with zero attached hydrogens (tertiary/aromatic N) is 2. The van der Waals surface area contributed by atoms with Crippen molar-refractivity contribution in [3.8, 4) is 0 Å². The lowest BCUT2D eigenvalue weighted by Crippen LogP contribution is -2.28. The number of hydrogen-bond acceptors (Lipinski definition) is 4. The third-order valence-corrected chi connectivity index (χ3v) is 3.44. The minimum Gasteiger partial charge on any atom is -0.467 e. The lowest BCUT2D eigenvalue weighted by Gasteiger charge is -2.16. The van der Waals surface area contributed by atoms with Gasteiger partial charge in [0, 0.05) is 13.1 Å². The minimum absolute atomic E-state index is 0.276. The molecule has 3 heterocycles. The first kappa shape index (κ1) is 13.5. The summed E-state index contributed by atoms with van der Waals surface area (Å²) in [6, 6.07) is 7.13. The van der Waals surface area contributed by atoms with Gasteiger partial charge in [0.05, 0.1) is 24.7 Å². The number of carbonyl (C=O) groups excluding carboxylic acids is 1. The van der Waals surface area contributed by atoms with Crippen LogP contribution in [0.15, 0.2) is 41.1 Å². The lowest BCUT2D eigenvalue weighted by molar-refractivity contribution is 0.251. The number of urea groups is 1. The Balaban J connectivity index is 1.51. The fourth-order valence-corrected chi connectivity index (χ4v) is 2.35. The van der Waals surface area contributed by atoms with Gasteiger partial charge in [0.2, 0.25) is 0 Å². The number of hydrogen-bond donors (Lipinski definition) is 2. The van der Waals surface area contributed by atoms with Crippen LogP contribution in [0.2, 0.25) is 0 Å². The zero-order valence-corrected chi connectivity index (χ0v) is 11.7. The number of nitrogens with one attached hydrogen (secondary N) is 2. The molecule has 2 aromatic rings. The van der Waals surface area contributed by atoms with E-state index < -0.39 is 0 Å². The zero-order chi connectivity index (χ0) is 14.5. The van der Waals surface area contributed by atoms with Gasteiger partial charge in [0.15, 0.2) is 0 Å². The lowest BCUT2D eigenvalue weighted by atomic mass is 10.4. The summed E-state index contributed by atoms with van der Waals surface area (Å²) >= 11 is 0. The second-order valence-electron chi connectivity index (χ2n) is 4.99. The van der Waals surface area contributed by atoms with Crippen LogP contribution in [0.1, 0.15) is 18.6 Å².